The quantitative estimate of drug-likeness (QED) is 0.618. The predicted octanol–water partition coefficient (Wildman–Crippen LogP) is 3.54. The molecule has 4 rings (SSSR count). The summed E-state index contributed by atoms with van der Waals surface area (Å²) in [6.07, 6.45) is 6.24. The van der Waals surface area contributed by atoms with E-state index in [0.717, 1.165) is 11.8 Å². The molecule has 0 bridgehead atoms. The van der Waals surface area contributed by atoms with Crippen LogP contribution in [0.15, 0.2) is 41.6 Å². The molecule has 2 aliphatic rings. The highest BCUT2D eigenvalue weighted by atomic mass is 32.2. The summed E-state index contributed by atoms with van der Waals surface area (Å²) in [4.78, 5) is 5.55. The molecule has 1 saturated heterocycles. The number of aromatic nitrogens is 1. The third kappa shape index (κ3) is 2.25. The van der Waals surface area contributed by atoms with E-state index < -0.39 is 0 Å². The molecule has 2 radical (unpaired) electrons. The summed E-state index contributed by atoms with van der Waals surface area (Å²) in [6.45, 7) is 2.37. The smallest absolute Gasteiger partial charge is 0.0699 e. The van der Waals surface area contributed by atoms with Crippen molar-refractivity contribution >= 4 is 30.6 Å². The lowest BCUT2D eigenvalue weighted by Gasteiger charge is -2.17. The van der Waals surface area contributed by atoms with Crippen molar-refractivity contribution in [2.24, 2.45) is 11.8 Å². The van der Waals surface area contributed by atoms with Gasteiger partial charge in [-0.1, -0.05) is 30.8 Å². The third-order valence-corrected chi connectivity index (χ3v) is 5.73. The Morgan fingerprint density at radius 2 is 1.95 bits per heavy atom. The van der Waals surface area contributed by atoms with Crippen molar-refractivity contribution in [3.8, 4) is 0 Å². The van der Waals surface area contributed by atoms with Crippen LogP contribution in [-0.2, 0) is 0 Å². The third-order valence-electron chi connectivity index (χ3n) is 4.62. The van der Waals surface area contributed by atoms with Gasteiger partial charge in [-0.2, -0.15) is 0 Å². The Bertz CT molecular complexity index is 613. The van der Waals surface area contributed by atoms with Crippen LogP contribution in [0.4, 0.5) is 0 Å². The number of hydrogen-bond acceptors (Lipinski definition) is 3. The van der Waals surface area contributed by atoms with Gasteiger partial charge in [0.1, 0.15) is 0 Å². The average Bonchev–Trinajstić information content (AvgIpc) is 2.96. The van der Waals surface area contributed by atoms with Gasteiger partial charge >= 0.3 is 0 Å². The van der Waals surface area contributed by atoms with Gasteiger partial charge in [-0.25, -0.2) is 4.31 Å². The number of hydrogen-bond donors (Lipinski definition) is 0. The lowest BCUT2D eigenvalue weighted by molar-refractivity contribution is 0.494. The Morgan fingerprint density at radius 3 is 2.75 bits per heavy atom. The number of fused-ring (bicyclic) bond motifs is 2. The van der Waals surface area contributed by atoms with Gasteiger partial charge in [0.2, 0.25) is 0 Å². The second-order valence-corrected chi connectivity index (χ2v) is 7.18. The van der Waals surface area contributed by atoms with Gasteiger partial charge in [0, 0.05) is 35.8 Å². The molecule has 20 heavy (non-hydrogen) atoms. The Balaban J connectivity index is 1.55. The molecular formula is C16H17BN2S. The van der Waals surface area contributed by atoms with Crippen LogP contribution in [0.3, 0.4) is 0 Å². The first-order chi connectivity index (χ1) is 9.79. The summed E-state index contributed by atoms with van der Waals surface area (Å²) in [5.74, 6) is 2.07. The first-order valence-corrected chi connectivity index (χ1v) is 8.08. The van der Waals surface area contributed by atoms with Crippen LogP contribution in [0.25, 0.3) is 10.8 Å². The summed E-state index contributed by atoms with van der Waals surface area (Å²) < 4.78 is 2.52. The van der Waals surface area contributed by atoms with E-state index in [1.807, 2.05) is 24.3 Å². The zero-order valence-corrected chi connectivity index (χ0v) is 12.2. The van der Waals surface area contributed by atoms with Crippen molar-refractivity contribution < 1.29 is 0 Å². The van der Waals surface area contributed by atoms with Crippen LogP contribution in [0, 0.1) is 11.8 Å². The molecule has 4 heteroatoms. The minimum atomic E-state index is 0.445. The Morgan fingerprint density at radius 1 is 1.15 bits per heavy atom. The molecule has 1 aliphatic heterocycles. The van der Waals surface area contributed by atoms with E-state index in [0.29, 0.717) is 5.82 Å². The number of rotatable bonds is 2. The summed E-state index contributed by atoms with van der Waals surface area (Å²) in [5.41, 5.74) is 0. The highest BCUT2D eigenvalue weighted by Crippen LogP contribution is 2.46. The number of benzene rings is 1. The topological polar surface area (TPSA) is 16.1 Å². The monoisotopic (exact) mass is 280 g/mol. The van der Waals surface area contributed by atoms with E-state index in [-0.39, 0.29) is 0 Å². The summed E-state index contributed by atoms with van der Waals surface area (Å²) in [6, 6.07) is 8.58. The van der Waals surface area contributed by atoms with Crippen molar-refractivity contribution in [2.45, 2.75) is 23.6 Å². The molecule has 2 fully saturated rings. The largest absolute Gasteiger partial charge is 0.264 e. The molecular weight excluding hydrogens is 263 g/mol. The van der Waals surface area contributed by atoms with Crippen LogP contribution < -0.4 is 0 Å². The molecule has 100 valence electrons. The standard InChI is InChI=1S/C16H17BN2S/c17-14-6-12-9-19(10-13(12)7-14)20-16-3-1-2-11-8-18-5-4-15(11)16/h1-5,8,12-14H,6-7,9-10H2/t12-,13?,14?/m1/s1. The predicted molar refractivity (Wildman–Crippen MR) is 84.9 cm³/mol. The van der Waals surface area contributed by atoms with Gasteiger partial charge < -0.3 is 0 Å². The van der Waals surface area contributed by atoms with Crippen molar-refractivity contribution in [3.63, 3.8) is 0 Å². The molecule has 2 aromatic rings. The highest BCUT2D eigenvalue weighted by molar-refractivity contribution is 7.97. The van der Waals surface area contributed by atoms with E-state index in [9.17, 15) is 0 Å². The van der Waals surface area contributed by atoms with E-state index in [1.165, 1.54) is 41.6 Å². The summed E-state index contributed by atoms with van der Waals surface area (Å²) >= 11 is 1.90. The second-order valence-electron chi connectivity index (χ2n) is 6.04. The Kier molecular flexibility index (Phi) is 3.23. The molecule has 1 aromatic carbocycles. The first kappa shape index (κ1) is 12.7. The van der Waals surface area contributed by atoms with E-state index in [2.05, 4.69) is 33.6 Å². The number of pyridine rings is 1. The summed E-state index contributed by atoms with van der Waals surface area (Å²) in [7, 11) is 6.07. The minimum Gasteiger partial charge on any atom is -0.264 e. The molecule has 2 nitrogen and oxygen atoms in total. The molecule has 0 amide bonds. The molecule has 1 aromatic heterocycles. The average molecular weight is 280 g/mol. The van der Waals surface area contributed by atoms with Gasteiger partial charge in [-0.05, 0) is 41.3 Å². The van der Waals surface area contributed by atoms with Crippen LogP contribution in [0.5, 0.6) is 0 Å². The second kappa shape index (κ2) is 5.08. The van der Waals surface area contributed by atoms with Crippen LogP contribution in [-0.4, -0.2) is 30.2 Å². The van der Waals surface area contributed by atoms with E-state index >= 15 is 0 Å². The van der Waals surface area contributed by atoms with Gasteiger partial charge in [0.25, 0.3) is 0 Å². The molecule has 2 heterocycles. The SMILES string of the molecule is [B]C1CC2CN(Sc3cccc4cnccc34)C[C@H]2C1. The fourth-order valence-corrected chi connectivity index (χ4v) is 4.92. The van der Waals surface area contributed by atoms with Gasteiger partial charge in [0.15, 0.2) is 0 Å². The van der Waals surface area contributed by atoms with Crippen molar-refractivity contribution in [3.05, 3.63) is 36.7 Å². The van der Waals surface area contributed by atoms with E-state index in [1.54, 1.807) is 0 Å². The Hall–Kier alpha value is -0.995. The zero-order valence-electron chi connectivity index (χ0n) is 11.4. The van der Waals surface area contributed by atoms with Crippen molar-refractivity contribution in [1.29, 1.82) is 0 Å². The lowest BCUT2D eigenvalue weighted by Crippen LogP contribution is -2.13. The number of nitrogens with zero attached hydrogens (tertiary/aromatic N) is 2. The maximum absolute atomic E-state index is 6.07. The normalized spacial score (nSPS) is 29.9. The molecule has 1 saturated carbocycles. The van der Waals surface area contributed by atoms with Gasteiger partial charge in [-0.3, -0.25) is 4.98 Å². The Labute approximate surface area is 125 Å². The van der Waals surface area contributed by atoms with Crippen LogP contribution in [0.1, 0.15) is 12.8 Å². The maximum atomic E-state index is 6.07. The minimum absolute atomic E-state index is 0.445. The molecule has 0 N–H and O–H groups in total. The fourth-order valence-electron chi connectivity index (χ4n) is 3.69. The fraction of sp³-hybridized carbons (Fsp3) is 0.438. The molecule has 3 atom stereocenters. The molecule has 0 spiro atoms. The van der Waals surface area contributed by atoms with Crippen molar-refractivity contribution in [1.82, 2.24) is 9.29 Å². The zero-order chi connectivity index (χ0) is 13.5. The molecule has 2 unspecified atom stereocenters. The summed E-state index contributed by atoms with van der Waals surface area (Å²) in [5, 5.41) is 2.53. The highest BCUT2D eigenvalue weighted by Gasteiger charge is 2.39. The van der Waals surface area contributed by atoms with Crippen LogP contribution >= 0.6 is 11.9 Å². The van der Waals surface area contributed by atoms with Crippen molar-refractivity contribution in [2.75, 3.05) is 13.1 Å². The first-order valence-electron chi connectivity index (χ1n) is 7.31. The van der Waals surface area contributed by atoms with Gasteiger partial charge in [-0.15, -0.1) is 0 Å². The maximum Gasteiger partial charge on any atom is 0.0699 e. The van der Waals surface area contributed by atoms with Crippen LogP contribution in [0.2, 0.25) is 5.82 Å². The van der Waals surface area contributed by atoms with E-state index in [4.69, 9.17) is 7.85 Å². The lowest BCUT2D eigenvalue weighted by atomic mass is 9.85. The molecule has 1 aliphatic carbocycles. The van der Waals surface area contributed by atoms with Gasteiger partial charge in [0.05, 0.1) is 7.85 Å².